The quantitative estimate of drug-likeness (QED) is 0.126. The summed E-state index contributed by atoms with van der Waals surface area (Å²) >= 11 is 10.9. The number of amides is 1. The first-order chi connectivity index (χ1) is 19.4. The molecule has 200 valence electrons. The molecule has 0 radical (unpaired) electrons. The number of hydrogen-bond acceptors (Lipinski definition) is 6. The Labute approximate surface area is 249 Å². The molecule has 0 saturated carbocycles. The van der Waals surface area contributed by atoms with Gasteiger partial charge < -0.3 is 10.1 Å². The zero-order valence-corrected chi connectivity index (χ0v) is 24.6. The third-order valence-electron chi connectivity index (χ3n) is 5.86. The van der Waals surface area contributed by atoms with Crippen molar-refractivity contribution in [2.75, 3.05) is 5.32 Å². The number of aromatic nitrogens is 1. The number of hydrogen-bond donors (Lipinski definition) is 2. The maximum atomic E-state index is 12.7. The number of thiazole rings is 1. The summed E-state index contributed by atoms with van der Waals surface area (Å²) in [6.07, 6.45) is 1.58. The third-order valence-corrected chi connectivity index (χ3v) is 7.36. The van der Waals surface area contributed by atoms with E-state index in [2.05, 4.69) is 42.8 Å². The third kappa shape index (κ3) is 7.35. The Hall–Kier alpha value is -3.98. The Bertz CT molecular complexity index is 1650. The van der Waals surface area contributed by atoms with Gasteiger partial charge in [-0.3, -0.25) is 4.79 Å². The number of carbonyl (C=O) groups excluding carboxylic acids is 1. The highest BCUT2D eigenvalue weighted by Gasteiger charge is 2.09. The van der Waals surface area contributed by atoms with Gasteiger partial charge in [-0.25, -0.2) is 10.4 Å². The number of benzene rings is 4. The molecule has 0 aliphatic carbocycles. The van der Waals surface area contributed by atoms with Crippen molar-refractivity contribution in [3.8, 4) is 17.0 Å². The van der Waals surface area contributed by atoms with Crippen molar-refractivity contribution in [2.45, 2.75) is 13.5 Å². The van der Waals surface area contributed by atoms with Crippen molar-refractivity contribution >= 4 is 61.8 Å². The molecule has 4 aromatic carbocycles. The summed E-state index contributed by atoms with van der Waals surface area (Å²) < 4.78 is 6.91. The molecule has 1 aromatic heterocycles. The van der Waals surface area contributed by atoms with Crippen LogP contribution in [0.3, 0.4) is 0 Å². The van der Waals surface area contributed by atoms with Gasteiger partial charge in [0.15, 0.2) is 5.13 Å². The molecule has 5 aromatic rings. The lowest BCUT2D eigenvalue weighted by molar-refractivity contribution is 0.0955. The summed E-state index contributed by atoms with van der Waals surface area (Å²) in [7, 11) is 0. The van der Waals surface area contributed by atoms with Crippen molar-refractivity contribution in [1.82, 2.24) is 10.4 Å². The van der Waals surface area contributed by atoms with Crippen LogP contribution in [0.5, 0.6) is 5.75 Å². The molecule has 1 amide bonds. The van der Waals surface area contributed by atoms with Gasteiger partial charge >= 0.3 is 0 Å². The van der Waals surface area contributed by atoms with E-state index in [1.165, 1.54) is 16.9 Å². The summed E-state index contributed by atoms with van der Waals surface area (Å²) in [6.45, 7) is 2.48. The maximum Gasteiger partial charge on any atom is 0.271 e. The zero-order valence-electron chi connectivity index (χ0n) is 21.4. The lowest BCUT2D eigenvalue weighted by Gasteiger charge is -2.10. The van der Waals surface area contributed by atoms with Gasteiger partial charge in [0, 0.05) is 37.3 Å². The summed E-state index contributed by atoms with van der Waals surface area (Å²) in [5.41, 5.74) is 8.71. The molecule has 0 spiro atoms. The van der Waals surface area contributed by atoms with Gasteiger partial charge in [0.25, 0.3) is 5.91 Å². The average Bonchev–Trinajstić information content (AvgIpc) is 3.42. The van der Waals surface area contributed by atoms with Crippen LogP contribution in [0.2, 0.25) is 5.02 Å². The first-order valence-electron chi connectivity index (χ1n) is 12.3. The minimum Gasteiger partial charge on any atom is -0.488 e. The van der Waals surface area contributed by atoms with Crippen LogP contribution in [0.1, 0.15) is 27.0 Å². The molecule has 0 saturated heterocycles. The zero-order chi connectivity index (χ0) is 27.9. The minimum atomic E-state index is -0.316. The topological polar surface area (TPSA) is 75.6 Å². The SMILES string of the molecule is Cc1cccc(COc2ccc(Br)cc2/C=N\NC(=O)c2ccc(-c3csc(Nc4ccc(Cl)cc4)n3)cc2)c1. The molecule has 0 fully saturated rings. The van der Waals surface area contributed by atoms with Gasteiger partial charge in [-0.05, 0) is 67.1 Å². The van der Waals surface area contributed by atoms with Crippen LogP contribution in [-0.4, -0.2) is 17.1 Å². The number of aryl methyl sites for hydroxylation is 1. The fourth-order valence-corrected chi connectivity index (χ4v) is 5.10. The molecule has 40 heavy (non-hydrogen) atoms. The summed E-state index contributed by atoms with van der Waals surface area (Å²) in [6, 6.07) is 28.5. The van der Waals surface area contributed by atoms with Crippen molar-refractivity contribution in [1.29, 1.82) is 0 Å². The summed E-state index contributed by atoms with van der Waals surface area (Å²) in [5.74, 6) is 0.351. The molecule has 2 N–H and O–H groups in total. The van der Waals surface area contributed by atoms with Gasteiger partial charge in [-0.2, -0.15) is 5.10 Å². The molecule has 1 heterocycles. The van der Waals surface area contributed by atoms with E-state index >= 15 is 0 Å². The molecule has 9 heteroatoms. The molecule has 0 atom stereocenters. The number of rotatable bonds is 9. The maximum absolute atomic E-state index is 12.7. The molecule has 0 unspecified atom stereocenters. The lowest BCUT2D eigenvalue weighted by atomic mass is 10.1. The Morgan fingerprint density at radius 2 is 1.85 bits per heavy atom. The second-order valence-electron chi connectivity index (χ2n) is 8.91. The van der Waals surface area contributed by atoms with E-state index in [0.717, 1.165) is 37.7 Å². The second kappa shape index (κ2) is 12.9. The van der Waals surface area contributed by atoms with Gasteiger partial charge in [0.05, 0.1) is 11.9 Å². The summed E-state index contributed by atoms with van der Waals surface area (Å²) in [5, 5.41) is 10.9. The largest absolute Gasteiger partial charge is 0.488 e. The van der Waals surface area contributed by atoms with Crippen LogP contribution >= 0.6 is 38.9 Å². The van der Waals surface area contributed by atoms with E-state index in [9.17, 15) is 4.79 Å². The van der Waals surface area contributed by atoms with Gasteiger partial charge in [-0.15, -0.1) is 11.3 Å². The highest BCUT2D eigenvalue weighted by Crippen LogP contribution is 2.28. The van der Waals surface area contributed by atoms with Crippen LogP contribution in [0, 0.1) is 6.92 Å². The average molecular weight is 632 g/mol. The van der Waals surface area contributed by atoms with Gasteiger partial charge in [0.2, 0.25) is 0 Å². The number of nitrogens with zero attached hydrogens (tertiary/aromatic N) is 2. The van der Waals surface area contributed by atoms with Crippen molar-refractivity contribution in [3.05, 3.63) is 128 Å². The fourth-order valence-electron chi connectivity index (χ4n) is 3.85. The van der Waals surface area contributed by atoms with E-state index in [4.69, 9.17) is 16.3 Å². The number of carbonyl (C=O) groups is 1. The summed E-state index contributed by atoms with van der Waals surface area (Å²) in [4.78, 5) is 17.4. The van der Waals surface area contributed by atoms with Crippen LogP contribution < -0.4 is 15.5 Å². The van der Waals surface area contributed by atoms with E-state index in [1.54, 1.807) is 18.3 Å². The Morgan fingerprint density at radius 3 is 2.62 bits per heavy atom. The molecule has 5 rings (SSSR count). The number of halogens is 2. The van der Waals surface area contributed by atoms with E-state index in [0.29, 0.717) is 22.9 Å². The van der Waals surface area contributed by atoms with Crippen molar-refractivity contribution in [2.24, 2.45) is 5.10 Å². The molecular formula is C31H24BrClN4O2S. The molecule has 0 aliphatic rings. The molecule has 6 nitrogen and oxygen atoms in total. The molecule has 0 aliphatic heterocycles. The first kappa shape index (κ1) is 27.6. The number of ether oxygens (including phenoxy) is 1. The van der Waals surface area contributed by atoms with Crippen LogP contribution in [0.4, 0.5) is 10.8 Å². The normalized spacial score (nSPS) is 11.0. The van der Waals surface area contributed by atoms with E-state index in [-0.39, 0.29) is 5.91 Å². The number of hydrazone groups is 1. The van der Waals surface area contributed by atoms with Crippen LogP contribution in [-0.2, 0) is 6.61 Å². The highest BCUT2D eigenvalue weighted by atomic mass is 79.9. The number of anilines is 2. The minimum absolute atomic E-state index is 0.316. The smallest absolute Gasteiger partial charge is 0.271 e. The Balaban J connectivity index is 1.20. The van der Waals surface area contributed by atoms with Crippen LogP contribution in [0.15, 0.2) is 106 Å². The predicted molar refractivity (Wildman–Crippen MR) is 167 cm³/mol. The lowest BCUT2D eigenvalue weighted by Crippen LogP contribution is -2.17. The van der Waals surface area contributed by atoms with Crippen molar-refractivity contribution < 1.29 is 9.53 Å². The van der Waals surface area contributed by atoms with Gasteiger partial charge in [0.1, 0.15) is 12.4 Å². The second-order valence-corrected chi connectivity index (χ2v) is 11.1. The monoisotopic (exact) mass is 630 g/mol. The molecule has 0 bridgehead atoms. The predicted octanol–water partition coefficient (Wildman–Crippen LogP) is 8.62. The fraction of sp³-hybridized carbons (Fsp3) is 0.0645. The molecular weight excluding hydrogens is 608 g/mol. The van der Waals surface area contributed by atoms with E-state index < -0.39 is 0 Å². The highest BCUT2D eigenvalue weighted by molar-refractivity contribution is 9.10. The van der Waals surface area contributed by atoms with Crippen LogP contribution in [0.25, 0.3) is 11.3 Å². The van der Waals surface area contributed by atoms with E-state index in [1.807, 2.05) is 85.1 Å². The first-order valence-corrected chi connectivity index (χ1v) is 14.4. The Morgan fingerprint density at radius 1 is 1.05 bits per heavy atom. The number of nitrogens with one attached hydrogen (secondary N) is 2. The standard InChI is InChI=1S/C31H24BrClN4O2S/c1-20-3-2-4-21(15-20)18-39-29-14-9-25(32)16-24(29)17-34-37-30(38)23-7-5-22(6-8-23)28-19-40-31(36-28)35-27-12-10-26(33)11-13-27/h2-17,19H,18H2,1H3,(H,35,36)(H,37,38)/b34-17-. The van der Waals surface area contributed by atoms with Gasteiger partial charge in [-0.1, -0.05) is 69.5 Å². The Kier molecular flexibility index (Phi) is 8.91. The van der Waals surface area contributed by atoms with Crippen molar-refractivity contribution in [3.63, 3.8) is 0 Å².